The van der Waals surface area contributed by atoms with Crippen LogP contribution in [-0.4, -0.2) is 86.3 Å². The number of quaternary nitrogens is 3. The minimum atomic E-state index is -0.101. The highest BCUT2D eigenvalue weighted by molar-refractivity contribution is 5.54. The van der Waals surface area contributed by atoms with Crippen LogP contribution >= 0.6 is 0 Å². The lowest BCUT2D eigenvalue weighted by Crippen LogP contribution is -2.50. The number of fused-ring (bicyclic) bond motifs is 6. The van der Waals surface area contributed by atoms with E-state index in [0.717, 1.165) is 77.8 Å². The zero-order valence-electron chi connectivity index (χ0n) is 20.1. The Balaban J connectivity index is 1.29. The number of piperidine rings is 3. The van der Waals surface area contributed by atoms with Crippen LogP contribution in [-0.2, 0) is 39.3 Å². The molecular formula is C27H42N3O3+3. The van der Waals surface area contributed by atoms with Crippen molar-refractivity contribution >= 4 is 0 Å². The van der Waals surface area contributed by atoms with Gasteiger partial charge in [-0.1, -0.05) is 0 Å². The minimum absolute atomic E-state index is 0.101. The molecule has 7 rings (SSSR count). The van der Waals surface area contributed by atoms with Gasteiger partial charge in [0, 0.05) is 71.9 Å². The summed E-state index contributed by atoms with van der Waals surface area (Å²) in [6.07, 6.45) is 5.41. The maximum Gasteiger partial charge on any atom is 0.106 e. The van der Waals surface area contributed by atoms with Crippen molar-refractivity contribution in [3.63, 3.8) is 0 Å². The largest absolute Gasteiger partial charge is 0.393 e. The first-order valence-electron chi connectivity index (χ1n) is 13.6. The van der Waals surface area contributed by atoms with Gasteiger partial charge in [0.2, 0.25) is 0 Å². The molecule has 0 aromatic heterocycles. The molecule has 0 unspecified atom stereocenters. The summed E-state index contributed by atoms with van der Waals surface area (Å²) in [5, 5.41) is 30.6. The zero-order chi connectivity index (χ0) is 22.4. The Morgan fingerprint density at radius 3 is 0.727 bits per heavy atom. The summed E-state index contributed by atoms with van der Waals surface area (Å²) in [7, 11) is 0. The second-order valence-corrected chi connectivity index (χ2v) is 12.9. The third kappa shape index (κ3) is 3.29. The molecule has 1 aromatic rings. The van der Waals surface area contributed by atoms with Gasteiger partial charge in [-0.15, -0.1) is 0 Å². The lowest BCUT2D eigenvalue weighted by Gasteiger charge is -2.40. The third-order valence-electron chi connectivity index (χ3n) is 10.8. The highest BCUT2D eigenvalue weighted by Crippen LogP contribution is 2.49. The van der Waals surface area contributed by atoms with Crippen LogP contribution in [0.15, 0.2) is 0 Å². The van der Waals surface area contributed by atoms with Crippen LogP contribution in [0.2, 0.25) is 0 Å². The highest BCUT2D eigenvalue weighted by Gasteiger charge is 2.52. The average Bonchev–Trinajstić information content (AvgIpc) is 3.48. The lowest BCUT2D eigenvalue weighted by molar-refractivity contribution is -0.954. The van der Waals surface area contributed by atoms with Crippen molar-refractivity contribution in [2.45, 2.75) is 96.1 Å². The first-order valence-corrected chi connectivity index (χ1v) is 13.6. The topological polar surface area (TPSA) is 60.7 Å². The number of aliphatic hydroxyl groups is 3. The Labute approximate surface area is 197 Å². The van der Waals surface area contributed by atoms with Crippen molar-refractivity contribution < 1.29 is 28.8 Å². The Bertz CT molecular complexity index is 773. The van der Waals surface area contributed by atoms with Gasteiger partial charge in [-0.2, -0.15) is 0 Å². The number of rotatable bonds is 0. The van der Waals surface area contributed by atoms with Crippen LogP contribution in [0, 0.1) is 0 Å². The lowest BCUT2D eigenvalue weighted by atomic mass is 9.90. The molecule has 0 atom stereocenters. The fourth-order valence-corrected chi connectivity index (χ4v) is 8.67. The SMILES string of the molecule is OC1CC[N+]2(CC1)Cc1c3c(c4c(c1C2)C[N+]1(CCC(O)CC1)C4)C[N+]1(CCC(O)CC1)C3. The van der Waals surface area contributed by atoms with E-state index in [1.165, 1.54) is 52.7 Å². The number of hydrogen-bond acceptors (Lipinski definition) is 3. The third-order valence-corrected chi connectivity index (χ3v) is 10.8. The molecule has 6 nitrogen and oxygen atoms in total. The van der Waals surface area contributed by atoms with Crippen LogP contribution < -0.4 is 0 Å². The molecule has 6 heterocycles. The van der Waals surface area contributed by atoms with E-state index in [1.54, 1.807) is 33.4 Å². The molecule has 0 amide bonds. The van der Waals surface area contributed by atoms with Gasteiger partial charge in [-0.05, 0) is 0 Å². The molecule has 0 bridgehead atoms. The van der Waals surface area contributed by atoms with E-state index in [4.69, 9.17) is 0 Å². The molecule has 1 aromatic carbocycles. The van der Waals surface area contributed by atoms with E-state index in [1.807, 2.05) is 0 Å². The molecule has 33 heavy (non-hydrogen) atoms. The van der Waals surface area contributed by atoms with E-state index in [-0.39, 0.29) is 18.3 Å². The molecule has 0 aliphatic carbocycles. The van der Waals surface area contributed by atoms with Gasteiger partial charge in [0.05, 0.1) is 57.6 Å². The van der Waals surface area contributed by atoms with Gasteiger partial charge >= 0.3 is 0 Å². The predicted molar refractivity (Wildman–Crippen MR) is 124 cm³/mol. The predicted octanol–water partition coefficient (Wildman–Crippen LogP) is 1.64. The van der Waals surface area contributed by atoms with Crippen molar-refractivity contribution in [2.24, 2.45) is 0 Å². The molecule has 0 radical (unpaired) electrons. The Morgan fingerprint density at radius 1 is 0.364 bits per heavy atom. The molecule has 180 valence electrons. The summed E-state index contributed by atoms with van der Waals surface area (Å²) >= 11 is 0. The number of aliphatic hydroxyl groups excluding tert-OH is 3. The summed E-state index contributed by atoms with van der Waals surface area (Å²) in [6.45, 7) is 13.8. The Kier molecular flexibility index (Phi) is 4.67. The first kappa shape index (κ1) is 21.3. The standard InChI is InChI=1S/C27H42N3O3/c31-19-1-7-28(8-2-19)13-22-23(14-28)25-16-30(11-5-21(33)6-12-30)18-27(25)26-17-29(15-24(22)26)9-3-20(32)4-10-29/h19-21,31-33H,1-18H2/q+3. The molecule has 3 saturated heterocycles. The van der Waals surface area contributed by atoms with Gasteiger partial charge in [-0.3, -0.25) is 0 Å². The summed E-state index contributed by atoms with van der Waals surface area (Å²) in [5.41, 5.74) is 10.2. The normalized spacial score (nSPS) is 43.9. The summed E-state index contributed by atoms with van der Waals surface area (Å²) < 4.78 is 3.52. The van der Waals surface area contributed by atoms with E-state index < -0.39 is 0 Å². The molecule has 6 aliphatic rings. The maximum atomic E-state index is 10.2. The molecule has 0 saturated carbocycles. The molecule has 3 spiro atoms. The number of nitrogens with zero attached hydrogens (tertiary/aromatic N) is 3. The van der Waals surface area contributed by atoms with Gasteiger partial charge in [0.1, 0.15) is 39.3 Å². The Morgan fingerprint density at radius 2 is 0.545 bits per heavy atom. The second kappa shape index (κ2) is 7.25. The summed E-state index contributed by atoms with van der Waals surface area (Å²) in [4.78, 5) is 0. The molecule has 6 heteroatoms. The zero-order valence-corrected chi connectivity index (χ0v) is 20.1. The fraction of sp³-hybridized carbons (Fsp3) is 0.778. The van der Waals surface area contributed by atoms with Crippen LogP contribution in [0.25, 0.3) is 0 Å². The summed E-state index contributed by atoms with van der Waals surface area (Å²) in [5.74, 6) is 0. The van der Waals surface area contributed by atoms with Gasteiger partial charge in [0.15, 0.2) is 0 Å². The van der Waals surface area contributed by atoms with Crippen molar-refractivity contribution in [3.8, 4) is 0 Å². The molecule has 3 fully saturated rings. The smallest absolute Gasteiger partial charge is 0.106 e. The Hall–Kier alpha value is -1.02. The van der Waals surface area contributed by atoms with Gasteiger partial charge in [-0.25, -0.2) is 0 Å². The summed E-state index contributed by atoms with van der Waals surface area (Å²) in [6, 6.07) is 0. The molecule has 6 aliphatic heterocycles. The van der Waals surface area contributed by atoms with E-state index in [2.05, 4.69) is 0 Å². The number of hydrogen-bond donors (Lipinski definition) is 3. The van der Waals surface area contributed by atoms with Crippen molar-refractivity contribution in [1.29, 1.82) is 0 Å². The molecule has 3 N–H and O–H groups in total. The van der Waals surface area contributed by atoms with Crippen LogP contribution in [0.3, 0.4) is 0 Å². The monoisotopic (exact) mass is 456 g/mol. The maximum absolute atomic E-state index is 10.2. The first-order chi connectivity index (χ1) is 15.9. The number of benzene rings is 1. The second-order valence-electron chi connectivity index (χ2n) is 12.9. The average molecular weight is 457 g/mol. The van der Waals surface area contributed by atoms with Gasteiger partial charge in [0.25, 0.3) is 0 Å². The van der Waals surface area contributed by atoms with Crippen LogP contribution in [0.1, 0.15) is 71.9 Å². The highest BCUT2D eigenvalue weighted by atomic mass is 16.3. The minimum Gasteiger partial charge on any atom is -0.393 e. The van der Waals surface area contributed by atoms with E-state index in [0.29, 0.717) is 0 Å². The van der Waals surface area contributed by atoms with Crippen molar-refractivity contribution in [2.75, 3.05) is 39.3 Å². The quantitative estimate of drug-likeness (QED) is 0.520. The van der Waals surface area contributed by atoms with Crippen LogP contribution in [0.4, 0.5) is 0 Å². The van der Waals surface area contributed by atoms with Crippen molar-refractivity contribution in [3.05, 3.63) is 33.4 Å². The fourth-order valence-electron chi connectivity index (χ4n) is 8.67. The van der Waals surface area contributed by atoms with E-state index in [9.17, 15) is 15.3 Å². The van der Waals surface area contributed by atoms with Crippen LogP contribution in [0.5, 0.6) is 0 Å². The van der Waals surface area contributed by atoms with E-state index >= 15 is 0 Å². The van der Waals surface area contributed by atoms with Crippen molar-refractivity contribution in [1.82, 2.24) is 0 Å². The molecular weight excluding hydrogens is 414 g/mol. The van der Waals surface area contributed by atoms with Gasteiger partial charge < -0.3 is 28.8 Å².